The molecular weight excluding hydrogens is 1960 g/mol. The molecule has 678 valence electrons. The number of aliphatic hydroxyl groups excluding tert-OH is 1. The predicted octanol–water partition coefficient (Wildman–Crippen LogP) is 20.5. The van der Waals surface area contributed by atoms with Gasteiger partial charge in [-0.25, -0.2) is 68.9 Å². The fourth-order valence-corrected chi connectivity index (χ4v) is 13.8. The van der Waals surface area contributed by atoms with Crippen LogP contribution < -0.4 is 62.0 Å². The number of urea groups is 2. The van der Waals surface area contributed by atoms with Crippen LogP contribution in [0.5, 0.6) is 17.2 Å². The Bertz CT molecular complexity index is 5450. The van der Waals surface area contributed by atoms with E-state index in [1.54, 1.807) is 74.0 Å². The predicted molar refractivity (Wildman–Crippen MR) is 513 cm³/mol. The zero-order valence-corrected chi connectivity index (χ0v) is 79.8. The Balaban J connectivity index is 0.000000266. The zero-order valence-electron chi connectivity index (χ0n) is 70.0. The molecular formula is C85H95Cl10IN20O11. The Labute approximate surface area is 797 Å². The SMILES string of the molecule is CCCC[N+](CCCC)(CCCC)CCCC.COc1ccc(N(Cc2cnc(Cl)nc2Cl)C(=O)Nc2ccccc2)cc1.COc1ccc(N2Cc3cnc(Cl)nc3N(c3ccccc3)C2=O)cc1.COc1ccc(NCc2cnc(Cl)nc2Cl)cc1.ClCc1cnc(Cl)nc1Cl.Clc1ncc(CI)c(Cl)n1.O=c1[nH]cc(CO)c(=O)[nH]1.O=c1cc[nH]c(=O)[nH]1.[OH-]. The maximum absolute atomic E-state index is 13.3. The second-order valence-electron chi connectivity index (χ2n) is 26.7. The smallest absolute Gasteiger partial charge is 0.335 e. The number of hydrogen-bond donors (Lipinski definition) is 7. The third kappa shape index (κ3) is 37.4. The summed E-state index contributed by atoms with van der Waals surface area (Å²) in [4.78, 5) is 120. The van der Waals surface area contributed by atoms with Gasteiger partial charge in [0.15, 0.2) is 5.82 Å². The van der Waals surface area contributed by atoms with Crippen LogP contribution in [0.3, 0.4) is 0 Å². The molecule has 13 rings (SSSR count). The van der Waals surface area contributed by atoms with Crippen LogP contribution in [-0.4, -0.2) is 144 Å². The van der Waals surface area contributed by atoms with Crippen molar-refractivity contribution >= 4 is 185 Å². The number of unbranched alkanes of at least 4 members (excludes halogenated alkanes) is 4. The normalized spacial score (nSPS) is 10.9. The van der Waals surface area contributed by atoms with Crippen LogP contribution in [0, 0.1) is 0 Å². The lowest BCUT2D eigenvalue weighted by Gasteiger charge is -2.39. The molecule has 0 unspecified atom stereocenters. The minimum atomic E-state index is -0.567. The molecule has 127 heavy (non-hydrogen) atoms. The quantitative estimate of drug-likeness (QED) is 0.00826. The first-order valence-corrected chi connectivity index (χ1v) is 44.5. The number of aliphatic hydroxyl groups is 1. The highest BCUT2D eigenvalue weighted by molar-refractivity contribution is 14.1. The minimum absolute atomic E-state index is 0. The van der Waals surface area contributed by atoms with Crippen molar-refractivity contribution in [3.8, 4) is 17.2 Å². The molecule has 0 saturated heterocycles. The number of fused-ring (bicyclic) bond motifs is 1. The molecule has 0 bridgehead atoms. The number of hydrogen-bond acceptors (Lipinski definition) is 22. The summed E-state index contributed by atoms with van der Waals surface area (Å²) < 4.78 is 17.7. The number of anilines is 6. The lowest BCUT2D eigenvalue weighted by atomic mass is 10.1. The molecule has 8 heterocycles. The Morgan fingerprint density at radius 2 is 0.953 bits per heavy atom. The highest BCUT2D eigenvalue weighted by atomic mass is 127. The molecule has 1 aliphatic rings. The van der Waals surface area contributed by atoms with Crippen molar-refractivity contribution < 1.29 is 38.9 Å². The Kier molecular flexibility index (Phi) is 49.6. The summed E-state index contributed by atoms with van der Waals surface area (Å²) in [6.07, 6.45) is 21.4. The van der Waals surface area contributed by atoms with E-state index in [4.69, 9.17) is 135 Å². The van der Waals surface area contributed by atoms with E-state index in [0.29, 0.717) is 74.2 Å². The van der Waals surface area contributed by atoms with Crippen LogP contribution in [-0.2, 0) is 36.5 Å². The second-order valence-corrected chi connectivity index (χ2v) is 30.8. The van der Waals surface area contributed by atoms with E-state index in [1.807, 2.05) is 119 Å². The summed E-state index contributed by atoms with van der Waals surface area (Å²) in [5.41, 5.74) is 5.73. The first kappa shape index (κ1) is 108. The number of aromatic amines is 4. The minimum Gasteiger partial charge on any atom is -0.870 e. The van der Waals surface area contributed by atoms with Gasteiger partial charge in [0.25, 0.3) is 11.1 Å². The monoisotopic (exact) mass is 2050 g/mol. The Morgan fingerprint density at radius 1 is 0.512 bits per heavy atom. The summed E-state index contributed by atoms with van der Waals surface area (Å²) in [5.74, 6) is 3.04. The zero-order chi connectivity index (χ0) is 91.9. The van der Waals surface area contributed by atoms with Crippen molar-refractivity contribution in [3.05, 3.63) is 305 Å². The van der Waals surface area contributed by atoms with Gasteiger partial charge < -0.3 is 49.9 Å². The molecule has 42 heteroatoms. The molecule has 1 aliphatic heterocycles. The highest BCUT2D eigenvalue weighted by Crippen LogP contribution is 2.37. The average Bonchev–Trinajstić information content (AvgIpc) is 0.759. The van der Waals surface area contributed by atoms with Crippen LogP contribution in [0.2, 0.25) is 47.0 Å². The van der Waals surface area contributed by atoms with Gasteiger partial charge in [0, 0.05) is 111 Å². The molecule has 0 saturated carbocycles. The molecule has 12 aromatic rings. The number of H-pyrrole nitrogens is 4. The Hall–Kier alpha value is -9.89. The summed E-state index contributed by atoms with van der Waals surface area (Å²) in [6, 6.07) is 41.3. The van der Waals surface area contributed by atoms with Gasteiger partial charge in [0.2, 0.25) is 26.4 Å². The van der Waals surface area contributed by atoms with E-state index in [0.717, 1.165) is 44.0 Å². The number of carbonyl (C=O) groups excluding carboxylic acids is 2. The van der Waals surface area contributed by atoms with E-state index in [1.165, 1.54) is 118 Å². The molecule has 0 atom stereocenters. The van der Waals surface area contributed by atoms with Crippen LogP contribution >= 0.6 is 139 Å². The van der Waals surface area contributed by atoms with Gasteiger partial charge in [-0.05, 0) is 181 Å². The highest BCUT2D eigenvalue weighted by Gasteiger charge is 2.34. The fraction of sp³-hybridized carbons (Fsp3) is 0.294. The first-order valence-electron chi connectivity index (χ1n) is 39.0. The van der Waals surface area contributed by atoms with Gasteiger partial charge in [-0.3, -0.25) is 29.4 Å². The van der Waals surface area contributed by atoms with Gasteiger partial charge in [-0.1, -0.05) is 159 Å². The third-order valence-electron chi connectivity index (χ3n) is 17.8. The summed E-state index contributed by atoms with van der Waals surface area (Å²) in [7, 11) is 4.82. The molecule has 7 aromatic heterocycles. The standard InChI is InChI=1S/C19H16Cl2N4O2.C19H15ClN4O2.C16H36N.C12H11Cl2N3O.C5H3Cl3N2.C5H3Cl2IN2.C5H6N2O3.C4H4N2O2.H2O/c1-27-16-9-7-15(8-10-16)25(12-13-11-22-18(21)24-17(13)20)19(26)23-14-5-3-2-4-6-14;1-26-16-9-7-14(8-10-16)23-12-13-11-21-18(20)22-17(13)24(19(23)25)15-5-3-2-4-6-15;1-5-9-13-17(14-10-6-2,15-11-7-3)16-12-8-4;1-18-10-4-2-9(3-5-10)15-6-8-7-16-12(14)17-11(8)13;6-1-3-2-9-5(8)10-4(3)7;6-4-3(1-8)2-9-5(7)10-4;8-2-3-1-6-5(10)7-4(3)9;7-3-1-2-5-4(8)6-3;/h2-11H,12H2,1H3,(H,23,26);2-11H,12H2,1H3;5-16H2,1-4H3;2-5,7,15H,6H2,1H3;2*2H,1H2;1,8H,2H2,(H2,6,7,9,10);1-2H,(H2,5,6,7,8);1H2/q;;+1;;;;;;/p-1. The number of halogens is 11. The number of para-hydroxylation sites is 2. The van der Waals surface area contributed by atoms with Gasteiger partial charge in [0.1, 0.15) is 37.9 Å². The maximum Gasteiger partial charge on any atom is 0.335 e. The summed E-state index contributed by atoms with van der Waals surface area (Å²) in [6.45, 7) is 15.7. The van der Waals surface area contributed by atoms with Crippen LogP contribution in [0.1, 0.15) is 112 Å². The van der Waals surface area contributed by atoms with Crippen LogP contribution in [0.25, 0.3) is 0 Å². The number of amides is 4. The van der Waals surface area contributed by atoms with Gasteiger partial charge in [0.05, 0.1) is 84.3 Å². The number of nitrogens with zero attached hydrogens (tertiary/aromatic N) is 14. The molecule has 0 radical (unpaired) electrons. The lowest BCUT2D eigenvalue weighted by molar-refractivity contribution is -0.929. The second kappa shape index (κ2) is 58.5. The van der Waals surface area contributed by atoms with Crippen molar-refractivity contribution in [2.45, 2.75) is 116 Å². The number of nitrogens with one attached hydrogen (secondary N) is 6. The molecule has 4 amide bonds. The van der Waals surface area contributed by atoms with E-state index in [-0.39, 0.29) is 73.4 Å². The number of alkyl halides is 2. The number of aromatic nitrogens is 14. The third-order valence-corrected chi connectivity index (χ3v) is 21.2. The van der Waals surface area contributed by atoms with Crippen LogP contribution in [0.15, 0.2) is 202 Å². The molecule has 5 aromatic carbocycles. The lowest BCUT2D eigenvalue weighted by Crippen LogP contribution is -2.50. The van der Waals surface area contributed by atoms with Crippen molar-refractivity contribution in [2.24, 2.45) is 0 Å². The van der Waals surface area contributed by atoms with E-state index in [9.17, 15) is 28.8 Å². The van der Waals surface area contributed by atoms with E-state index < -0.39 is 16.9 Å². The number of quaternary nitrogens is 1. The summed E-state index contributed by atoms with van der Waals surface area (Å²) in [5, 5.41) is 16.5. The van der Waals surface area contributed by atoms with Gasteiger partial charge >= 0.3 is 23.4 Å². The van der Waals surface area contributed by atoms with Crippen molar-refractivity contribution in [1.82, 2.24) is 69.8 Å². The topological polar surface area (TPSA) is 406 Å². The van der Waals surface area contributed by atoms with E-state index in [2.05, 4.69) is 121 Å². The van der Waals surface area contributed by atoms with Crippen molar-refractivity contribution in [3.63, 3.8) is 0 Å². The van der Waals surface area contributed by atoms with Gasteiger partial charge in [-0.2, -0.15) is 4.98 Å². The summed E-state index contributed by atoms with van der Waals surface area (Å²) >= 11 is 59.3. The number of benzene rings is 5. The fourth-order valence-electron chi connectivity index (χ4n) is 11.2. The first-order chi connectivity index (χ1) is 60.7. The molecule has 31 nitrogen and oxygen atoms in total. The number of rotatable bonds is 27. The van der Waals surface area contributed by atoms with Crippen molar-refractivity contribution in [2.75, 3.05) is 72.8 Å². The Morgan fingerprint density at radius 3 is 1.39 bits per heavy atom. The average molecular weight is 2050 g/mol. The molecule has 0 aliphatic carbocycles. The maximum atomic E-state index is 13.3. The van der Waals surface area contributed by atoms with Crippen molar-refractivity contribution in [1.29, 1.82) is 0 Å². The number of ether oxygens (including phenoxy) is 3. The molecule has 0 spiro atoms. The molecule has 8 N–H and O–H groups in total. The largest absolute Gasteiger partial charge is 0.870 e. The molecule has 0 fully saturated rings. The number of carbonyl (C=O) groups is 2. The van der Waals surface area contributed by atoms with E-state index >= 15 is 0 Å². The van der Waals surface area contributed by atoms with Crippen LogP contribution in [0.4, 0.5) is 43.8 Å². The van der Waals surface area contributed by atoms with Gasteiger partial charge in [-0.15, -0.1) is 11.6 Å². The number of methoxy groups -OCH3 is 3.